The lowest BCUT2D eigenvalue weighted by molar-refractivity contribution is 0.952. The molecule has 0 saturated heterocycles. The molecule has 2 rings (SSSR count). The van der Waals surface area contributed by atoms with Crippen LogP contribution in [-0.2, 0) is 0 Å². The predicted octanol–water partition coefficient (Wildman–Crippen LogP) is 2.04. The van der Waals surface area contributed by atoms with Gasteiger partial charge in [-0.3, -0.25) is 0 Å². The average molecular weight is 183 g/mol. The molecule has 0 saturated carbocycles. The first-order valence-electron chi connectivity index (χ1n) is 4.32. The van der Waals surface area contributed by atoms with Gasteiger partial charge in [0.05, 0.1) is 6.20 Å². The SMILES string of the molecule is C(=C\c1nccnn1)/c1ccccc1. The van der Waals surface area contributed by atoms with Crippen LogP contribution in [0.25, 0.3) is 12.2 Å². The summed E-state index contributed by atoms with van der Waals surface area (Å²) in [6, 6.07) is 10.0. The Morgan fingerprint density at radius 2 is 1.79 bits per heavy atom. The zero-order valence-electron chi connectivity index (χ0n) is 7.54. The molecule has 1 aromatic heterocycles. The van der Waals surface area contributed by atoms with Gasteiger partial charge >= 0.3 is 0 Å². The summed E-state index contributed by atoms with van der Waals surface area (Å²) in [6.45, 7) is 0. The van der Waals surface area contributed by atoms with E-state index in [-0.39, 0.29) is 0 Å². The fraction of sp³-hybridized carbons (Fsp3) is 0. The van der Waals surface area contributed by atoms with E-state index >= 15 is 0 Å². The molecule has 0 fully saturated rings. The molecule has 2 aromatic rings. The molecule has 1 heterocycles. The smallest absolute Gasteiger partial charge is 0.174 e. The van der Waals surface area contributed by atoms with Gasteiger partial charge in [-0.05, 0) is 11.6 Å². The molecule has 0 spiro atoms. The van der Waals surface area contributed by atoms with Gasteiger partial charge in [-0.1, -0.05) is 36.4 Å². The summed E-state index contributed by atoms with van der Waals surface area (Å²) in [6.07, 6.45) is 6.97. The minimum absolute atomic E-state index is 0.622. The van der Waals surface area contributed by atoms with Crippen LogP contribution in [0.1, 0.15) is 11.4 Å². The number of hydrogen-bond acceptors (Lipinski definition) is 3. The Hall–Kier alpha value is -2.03. The highest BCUT2D eigenvalue weighted by Crippen LogP contribution is 2.03. The molecular weight excluding hydrogens is 174 g/mol. The second-order valence-corrected chi connectivity index (χ2v) is 2.74. The molecule has 3 heteroatoms. The number of nitrogens with zero attached hydrogens (tertiary/aromatic N) is 3. The van der Waals surface area contributed by atoms with Crippen molar-refractivity contribution in [3.8, 4) is 0 Å². The van der Waals surface area contributed by atoms with E-state index in [1.54, 1.807) is 12.4 Å². The molecule has 0 radical (unpaired) electrons. The van der Waals surface area contributed by atoms with Gasteiger partial charge in [-0.15, -0.1) is 5.10 Å². The molecule has 0 bridgehead atoms. The Balaban J connectivity index is 2.16. The number of aromatic nitrogens is 3. The second kappa shape index (κ2) is 4.28. The van der Waals surface area contributed by atoms with Crippen LogP contribution in [-0.4, -0.2) is 15.2 Å². The molecule has 0 atom stereocenters. The predicted molar refractivity (Wildman–Crippen MR) is 55.2 cm³/mol. The summed E-state index contributed by atoms with van der Waals surface area (Å²) in [7, 11) is 0. The van der Waals surface area contributed by atoms with Crippen molar-refractivity contribution >= 4 is 12.2 Å². The summed E-state index contributed by atoms with van der Waals surface area (Å²) in [4.78, 5) is 4.03. The Morgan fingerprint density at radius 3 is 2.50 bits per heavy atom. The van der Waals surface area contributed by atoms with Gasteiger partial charge in [0.25, 0.3) is 0 Å². The summed E-state index contributed by atoms with van der Waals surface area (Å²) >= 11 is 0. The minimum Gasteiger partial charge on any atom is -0.234 e. The minimum atomic E-state index is 0.622. The van der Waals surface area contributed by atoms with Crippen LogP contribution < -0.4 is 0 Å². The van der Waals surface area contributed by atoms with Crippen LogP contribution in [0.4, 0.5) is 0 Å². The van der Waals surface area contributed by atoms with Gasteiger partial charge in [0, 0.05) is 6.20 Å². The van der Waals surface area contributed by atoms with Crippen molar-refractivity contribution < 1.29 is 0 Å². The lowest BCUT2D eigenvalue weighted by atomic mass is 10.2. The third kappa shape index (κ3) is 2.23. The van der Waals surface area contributed by atoms with Crippen molar-refractivity contribution in [3.05, 3.63) is 54.1 Å². The summed E-state index contributed by atoms with van der Waals surface area (Å²) in [5, 5.41) is 7.58. The van der Waals surface area contributed by atoms with E-state index in [0.29, 0.717) is 5.82 Å². The van der Waals surface area contributed by atoms with Gasteiger partial charge in [-0.2, -0.15) is 5.10 Å². The summed E-state index contributed by atoms with van der Waals surface area (Å²) in [5.41, 5.74) is 1.12. The maximum atomic E-state index is 4.03. The first kappa shape index (κ1) is 8.56. The first-order valence-corrected chi connectivity index (χ1v) is 4.32. The van der Waals surface area contributed by atoms with E-state index in [1.165, 1.54) is 0 Å². The van der Waals surface area contributed by atoms with Crippen LogP contribution in [0.5, 0.6) is 0 Å². The van der Waals surface area contributed by atoms with Crippen LogP contribution in [0, 0.1) is 0 Å². The van der Waals surface area contributed by atoms with Crippen molar-refractivity contribution in [2.75, 3.05) is 0 Å². The second-order valence-electron chi connectivity index (χ2n) is 2.74. The van der Waals surface area contributed by atoms with Crippen LogP contribution in [0.3, 0.4) is 0 Å². The third-order valence-corrected chi connectivity index (χ3v) is 1.72. The van der Waals surface area contributed by atoms with Crippen LogP contribution in [0.15, 0.2) is 42.7 Å². The first-order chi connectivity index (χ1) is 6.95. The van der Waals surface area contributed by atoms with E-state index in [0.717, 1.165) is 5.56 Å². The molecule has 68 valence electrons. The molecule has 0 unspecified atom stereocenters. The van der Waals surface area contributed by atoms with Crippen molar-refractivity contribution in [2.24, 2.45) is 0 Å². The van der Waals surface area contributed by atoms with E-state index in [1.807, 2.05) is 42.5 Å². The molecular formula is C11H9N3. The fourth-order valence-corrected chi connectivity index (χ4v) is 1.07. The van der Waals surface area contributed by atoms with Gasteiger partial charge in [0.15, 0.2) is 5.82 Å². The van der Waals surface area contributed by atoms with Crippen molar-refractivity contribution in [3.63, 3.8) is 0 Å². The Kier molecular flexibility index (Phi) is 2.62. The largest absolute Gasteiger partial charge is 0.234 e. The normalized spacial score (nSPS) is 10.6. The molecule has 0 N–H and O–H groups in total. The van der Waals surface area contributed by atoms with E-state index in [2.05, 4.69) is 15.2 Å². The van der Waals surface area contributed by atoms with E-state index < -0.39 is 0 Å². The van der Waals surface area contributed by atoms with Crippen LogP contribution >= 0.6 is 0 Å². The number of rotatable bonds is 2. The topological polar surface area (TPSA) is 38.7 Å². The zero-order chi connectivity index (χ0) is 9.64. The lowest BCUT2D eigenvalue weighted by Gasteiger charge is -1.90. The zero-order valence-corrected chi connectivity index (χ0v) is 7.54. The summed E-state index contributed by atoms with van der Waals surface area (Å²) < 4.78 is 0. The van der Waals surface area contributed by atoms with E-state index in [9.17, 15) is 0 Å². The lowest BCUT2D eigenvalue weighted by Crippen LogP contribution is -1.87. The molecule has 0 amide bonds. The molecule has 0 aliphatic heterocycles. The Morgan fingerprint density at radius 1 is 0.929 bits per heavy atom. The average Bonchev–Trinajstić information content (AvgIpc) is 2.29. The molecule has 0 aliphatic carbocycles. The van der Waals surface area contributed by atoms with Gasteiger partial charge in [-0.25, -0.2) is 4.98 Å². The van der Waals surface area contributed by atoms with E-state index in [4.69, 9.17) is 0 Å². The maximum absolute atomic E-state index is 4.03. The van der Waals surface area contributed by atoms with Gasteiger partial charge in [0.2, 0.25) is 0 Å². The molecule has 14 heavy (non-hydrogen) atoms. The maximum Gasteiger partial charge on any atom is 0.174 e. The highest BCUT2D eigenvalue weighted by atomic mass is 15.1. The van der Waals surface area contributed by atoms with Crippen molar-refractivity contribution in [1.29, 1.82) is 0 Å². The number of hydrogen-bond donors (Lipinski definition) is 0. The quantitative estimate of drug-likeness (QED) is 0.715. The monoisotopic (exact) mass is 183 g/mol. The van der Waals surface area contributed by atoms with Crippen molar-refractivity contribution in [2.45, 2.75) is 0 Å². The highest BCUT2D eigenvalue weighted by Gasteiger charge is 1.87. The van der Waals surface area contributed by atoms with Crippen molar-refractivity contribution in [1.82, 2.24) is 15.2 Å². The Bertz CT molecular complexity index is 368. The third-order valence-electron chi connectivity index (χ3n) is 1.72. The highest BCUT2D eigenvalue weighted by molar-refractivity contribution is 5.66. The standard InChI is InChI=1S/C11H9N3/c1-2-4-10(5-3-1)6-7-11-12-8-9-13-14-11/h1-9H/b7-6+. The Labute approximate surface area is 82.2 Å². The molecule has 3 nitrogen and oxygen atoms in total. The molecule has 0 aliphatic rings. The van der Waals surface area contributed by atoms with Crippen LogP contribution in [0.2, 0.25) is 0 Å². The fourth-order valence-electron chi connectivity index (χ4n) is 1.07. The molecule has 1 aromatic carbocycles. The van der Waals surface area contributed by atoms with Gasteiger partial charge in [0.1, 0.15) is 0 Å². The van der Waals surface area contributed by atoms with Gasteiger partial charge < -0.3 is 0 Å². The number of benzene rings is 1. The summed E-state index contributed by atoms with van der Waals surface area (Å²) in [5.74, 6) is 0.622.